The highest BCUT2D eigenvalue weighted by atomic mass is 14.2. The standard InChI is InChI=1S/C23H26.C20H18.C12H18.C6H14/c1-4-17(2)21-12-8-9-13-22(21)23-16-20(15-14-18(23)3)19-10-6-5-7-11-19;1-15-8-6-7-11-19(15)20-14-18(13-12-16(20)2)17-9-4-3-5-10-17;1-5-11(4)12-7-9(2)6-10(3)8-12;1-3-5-6-4-2/h5-8,10-12,14-17H,4,9,13H2,1-3H3;3-14H,1-2H3;6-8,11H,5H2,1-4H3;3-6H2,1-2H3/t17-;;11-;/m1.1./s1. The Morgan fingerprint density at radius 1 is 0.443 bits per heavy atom. The molecule has 1 aliphatic rings. The first kappa shape index (κ1) is 48.5. The van der Waals surface area contributed by atoms with Crippen molar-refractivity contribution in [2.24, 2.45) is 5.92 Å². The van der Waals surface area contributed by atoms with Gasteiger partial charge in [0.05, 0.1) is 0 Å². The Labute approximate surface area is 372 Å². The molecule has 6 aromatic carbocycles. The number of benzene rings is 6. The van der Waals surface area contributed by atoms with E-state index >= 15 is 0 Å². The first-order valence-corrected chi connectivity index (χ1v) is 23.4. The van der Waals surface area contributed by atoms with Gasteiger partial charge in [0.25, 0.3) is 0 Å². The summed E-state index contributed by atoms with van der Waals surface area (Å²) in [5.41, 5.74) is 20.6. The van der Waals surface area contributed by atoms with Crippen molar-refractivity contribution in [3.05, 3.63) is 196 Å². The Morgan fingerprint density at radius 2 is 0.918 bits per heavy atom. The summed E-state index contributed by atoms with van der Waals surface area (Å²) in [5.74, 6) is 1.32. The van der Waals surface area contributed by atoms with Crippen LogP contribution in [0.3, 0.4) is 0 Å². The van der Waals surface area contributed by atoms with Crippen LogP contribution in [0, 0.1) is 40.5 Å². The fourth-order valence-electron chi connectivity index (χ4n) is 8.04. The second-order valence-electron chi connectivity index (χ2n) is 17.2. The molecule has 0 N–H and O–H groups in total. The smallest absolute Gasteiger partial charge is 0.0146 e. The molecule has 0 saturated carbocycles. The lowest BCUT2D eigenvalue weighted by Crippen LogP contribution is -2.04. The highest BCUT2D eigenvalue weighted by molar-refractivity contribution is 5.79. The number of aryl methyl sites for hydroxylation is 5. The van der Waals surface area contributed by atoms with Crippen molar-refractivity contribution in [3.63, 3.8) is 0 Å². The van der Waals surface area contributed by atoms with Crippen LogP contribution in [0.15, 0.2) is 157 Å². The maximum absolute atomic E-state index is 2.39. The zero-order valence-corrected chi connectivity index (χ0v) is 39.7. The van der Waals surface area contributed by atoms with Crippen molar-refractivity contribution in [1.82, 2.24) is 0 Å². The van der Waals surface area contributed by atoms with E-state index in [4.69, 9.17) is 0 Å². The van der Waals surface area contributed by atoms with Crippen LogP contribution in [0.5, 0.6) is 0 Å². The van der Waals surface area contributed by atoms with E-state index in [2.05, 4.69) is 228 Å². The molecule has 0 saturated heterocycles. The van der Waals surface area contributed by atoms with Gasteiger partial charge >= 0.3 is 0 Å². The van der Waals surface area contributed by atoms with Crippen molar-refractivity contribution in [1.29, 1.82) is 0 Å². The fraction of sp³-hybridized carbons (Fsp3) is 0.344. The Bertz CT molecular complexity index is 2240. The molecule has 0 bridgehead atoms. The number of hydrogen-bond acceptors (Lipinski definition) is 0. The molecule has 1 aliphatic carbocycles. The average molecular weight is 809 g/mol. The monoisotopic (exact) mass is 809 g/mol. The zero-order chi connectivity index (χ0) is 44.1. The summed E-state index contributed by atoms with van der Waals surface area (Å²) >= 11 is 0. The SMILES string of the molecule is CCCCCC.CC[C@@H](C)C1=C(c2cc(-c3ccccc3)ccc2C)CCC=C1.CC[C@@H](C)c1cc(C)cc(C)c1.Cc1ccccc1-c1cc(-c2ccccc2)ccc1C. The van der Waals surface area contributed by atoms with Gasteiger partial charge in [-0.3, -0.25) is 0 Å². The summed E-state index contributed by atoms with van der Waals surface area (Å²) in [7, 11) is 0. The minimum absolute atomic E-state index is 0.626. The second kappa shape index (κ2) is 25.5. The van der Waals surface area contributed by atoms with Crippen LogP contribution in [0.25, 0.3) is 39.0 Å². The Morgan fingerprint density at radius 3 is 1.43 bits per heavy atom. The highest BCUT2D eigenvalue weighted by Gasteiger charge is 2.17. The van der Waals surface area contributed by atoms with Crippen LogP contribution < -0.4 is 0 Å². The van der Waals surface area contributed by atoms with E-state index in [9.17, 15) is 0 Å². The Balaban J connectivity index is 0.000000196. The minimum atomic E-state index is 0.626. The third-order valence-corrected chi connectivity index (χ3v) is 12.2. The molecular formula is C61H76. The van der Waals surface area contributed by atoms with E-state index in [0.29, 0.717) is 11.8 Å². The maximum atomic E-state index is 2.39. The first-order valence-electron chi connectivity index (χ1n) is 23.4. The average Bonchev–Trinajstić information content (AvgIpc) is 3.29. The summed E-state index contributed by atoms with van der Waals surface area (Å²) in [6.07, 6.45) is 15.0. The second-order valence-corrected chi connectivity index (χ2v) is 17.2. The summed E-state index contributed by atoms with van der Waals surface area (Å²) in [6, 6.07) is 50.2. The molecule has 0 amide bonds. The van der Waals surface area contributed by atoms with Gasteiger partial charge in [0.15, 0.2) is 0 Å². The lowest BCUT2D eigenvalue weighted by atomic mass is 9.82. The number of hydrogen-bond donors (Lipinski definition) is 0. The van der Waals surface area contributed by atoms with E-state index in [-0.39, 0.29) is 0 Å². The molecule has 0 spiro atoms. The predicted molar refractivity (Wildman–Crippen MR) is 273 cm³/mol. The summed E-state index contributed by atoms with van der Waals surface area (Å²) in [5, 5.41) is 0. The van der Waals surface area contributed by atoms with E-state index in [1.807, 2.05) is 0 Å². The van der Waals surface area contributed by atoms with E-state index < -0.39 is 0 Å². The maximum Gasteiger partial charge on any atom is -0.0146 e. The quantitative estimate of drug-likeness (QED) is 0.114. The van der Waals surface area contributed by atoms with Crippen LogP contribution in [0.4, 0.5) is 0 Å². The van der Waals surface area contributed by atoms with Crippen molar-refractivity contribution in [2.45, 2.75) is 133 Å². The van der Waals surface area contributed by atoms with E-state index in [1.54, 1.807) is 5.57 Å². The van der Waals surface area contributed by atoms with Gasteiger partial charge in [-0.15, -0.1) is 0 Å². The van der Waals surface area contributed by atoms with Crippen molar-refractivity contribution in [3.8, 4) is 33.4 Å². The van der Waals surface area contributed by atoms with Crippen molar-refractivity contribution >= 4 is 5.57 Å². The van der Waals surface area contributed by atoms with E-state index in [1.165, 1.54) is 116 Å². The molecule has 0 radical (unpaired) electrons. The van der Waals surface area contributed by atoms with Crippen LogP contribution in [0.1, 0.15) is 138 Å². The molecule has 61 heavy (non-hydrogen) atoms. The van der Waals surface area contributed by atoms with Crippen LogP contribution in [-0.2, 0) is 0 Å². The van der Waals surface area contributed by atoms with E-state index in [0.717, 1.165) is 12.8 Å². The van der Waals surface area contributed by atoms with Crippen molar-refractivity contribution < 1.29 is 0 Å². The molecule has 320 valence electrons. The molecule has 0 heterocycles. The van der Waals surface area contributed by atoms with Gasteiger partial charge in [0, 0.05) is 0 Å². The molecule has 0 aromatic heterocycles. The molecule has 0 unspecified atom stereocenters. The Kier molecular flexibility index (Phi) is 20.3. The molecule has 0 nitrogen and oxygen atoms in total. The summed E-state index contributed by atoms with van der Waals surface area (Å²) < 4.78 is 0. The van der Waals surface area contributed by atoms with Gasteiger partial charge in [-0.25, -0.2) is 0 Å². The summed E-state index contributed by atoms with van der Waals surface area (Å²) in [4.78, 5) is 0. The number of allylic oxidation sites excluding steroid dienone is 4. The lowest BCUT2D eigenvalue weighted by Gasteiger charge is -2.23. The number of unbranched alkanes of at least 4 members (excludes halogenated alkanes) is 3. The lowest BCUT2D eigenvalue weighted by molar-refractivity contribution is 0.666. The van der Waals surface area contributed by atoms with Gasteiger partial charge in [0.1, 0.15) is 0 Å². The van der Waals surface area contributed by atoms with Gasteiger partial charge < -0.3 is 0 Å². The molecule has 0 aliphatic heterocycles. The fourth-order valence-corrected chi connectivity index (χ4v) is 8.04. The molecule has 0 heteroatoms. The predicted octanol–water partition coefficient (Wildman–Crippen LogP) is 18.9. The van der Waals surface area contributed by atoms with Gasteiger partial charge in [-0.2, -0.15) is 0 Å². The number of rotatable bonds is 11. The third kappa shape index (κ3) is 14.7. The minimum Gasteiger partial charge on any atom is -0.0839 e. The molecule has 2 atom stereocenters. The van der Waals surface area contributed by atoms with Crippen LogP contribution in [0.2, 0.25) is 0 Å². The normalized spacial score (nSPS) is 12.8. The largest absolute Gasteiger partial charge is 0.0839 e. The molecule has 6 aromatic rings. The van der Waals surface area contributed by atoms with Gasteiger partial charge in [-0.1, -0.05) is 218 Å². The van der Waals surface area contributed by atoms with Gasteiger partial charge in [0.2, 0.25) is 0 Å². The molecule has 0 fully saturated rings. The zero-order valence-electron chi connectivity index (χ0n) is 39.7. The highest BCUT2D eigenvalue weighted by Crippen LogP contribution is 2.37. The molecular weight excluding hydrogens is 733 g/mol. The summed E-state index contributed by atoms with van der Waals surface area (Å²) in [6.45, 7) is 24.5. The van der Waals surface area contributed by atoms with Crippen LogP contribution in [-0.4, -0.2) is 0 Å². The molecule has 7 rings (SSSR count). The van der Waals surface area contributed by atoms with Gasteiger partial charge in [-0.05, 0) is 157 Å². The van der Waals surface area contributed by atoms with Crippen molar-refractivity contribution in [2.75, 3.05) is 0 Å². The topological polar surface area (TPSA) is 0 Å². The first-order chi connectivity index (χ1) is 29.5. The Hall–Kier alpha value is -5.20. The third-order valence-electron chi connectivity index (χ3n) is 12.2. The van der Waals surface area contributed by atoms with Crippen LogP contribution >= 0.6 is 0 Å².